The minimum Gasteiger partial charge on any atom is -0.378 e. The van der Waals surface area contributed by atoms with E-state index < -0.39 is 0 Å². The second-order valence-electron chi connectivity index (χ2n) is 5.20. The van der Waals surface area contributed by atoms with Crippen LogP contribution in [0.1, 0.15) is 37.4 Å². The van der Waals surface area contributed by atoms with E-state index in [2.05, 4.69) is 19.2 Å². The molecule has 1 N–H and O–H groups in total. The standard InChI is InChI=1S/C15H22FNO/c1-4-17-15(12-8-11(3)18-9-12)13-7-10(2)5-6-14(13)16/h5-7,11-12,15,17H,4,8-9H2,1-3H3. The zero-order valence-electron chi connectivity index (χ0n) is 11.4. The molecule has 1 aromatic rings. The monoisotopic (exact) mass is 251 g/mol. The van der Waals surface area contributed by atoms with Crippen LogP contribution < -0.4 is 5.32 Å². The van der Waals surface area contributed by atoms with Gasteiger partial charge in [-0.05, 0) is 32.9 Å². The summed E-state index contributed by atoms with van der Waals surface area (Å²) < 4.78 is 19.6. The summed E-state index contributed by atoms with van der Waals surface area (Å²) in [4.78, 5) is 0. The van der Waals surface area contributed by atoms with Crippen LogP contribution in [0.2, 0.25) is 0 Å². The molecule has 0 aromatic heterocycles. The molecule has 18 heavy (non-hydrogen) atoms. The molecule has 1 fully saturated rings. The van der Waals surface area contributed by atoms with Gasteiger partial charge in [-0.1, -0.05) is 24.6 Å². The van der Waals surface area contributed by atoms with Gasteiger partial charge in [0.25, 0.3) is 0 Å². The van der Waals surface area contributed by atoms with Crippen LogP contribution in [0.25, 0.3) is 0 Å². The third kappa shape index (κ3) is 2.90. The van der Waals surface area contributed by atoms with E-state index in [4.69, 9.17) is 4.74 Å². The summed E-state index contributed by atoms with van der Waals surface area (Å²) in [6, 6.07) is 5.38. The van der Waals surface area contributed by atoms with Gasteiger partial charge in [0.15, 0.2) is 0 Å². The molecule has 100 valence electrons. The van der Waals surface area contributed by atoms with Crippen molar-refractivity contribution in [2.45, 2.75) is 39.3 Å². The molecular formula is C15H22FNO. The highest BCUT2D eigenvalue weighted by atomic mass is 19.1. The summed E-state index contributed by atoms with van der Waals surface area (Å²) in [6.45, 7) is 7.68. The first-order chi connectivity index (χ1) is 8.61. The number of nitrogens with one attached hydrogen (secondary N) is 1. The van der Waals surface area contributed by atoms with Gasteiger partial charge < -0.3 is 10.1 Å². The van der Waals surface area contributed by atoms with Gasteiger partial charge in [0, 0.05) is 17.5 Å². The van der Waals surface area contributed by atoms with E-state index in [1.807, 2.05) is 19.1 Å². The van der Waals surface area contributed by atoms with Gasteiger partial charge in [-0.2, -0.15) is 0 Å². The van der Waals surface area contributed by atoms with E-state index in [1.165, 1.54) is 0 Å². The lowest BCUT2D eigenvalue weighted by molar-refractivity contribution is 0.116. The minimum atomic E-state index is -0.119. The van der Waals surface area contributed by atoms with Crippen LogP contribution in [0.5, 0.6) is 0 Å². The Hall–Kier alpha value is -0.930. The van der Waals surface area contributed by atoms with Crippen LogP contribution in [0.4, 0.5) is 4.39 Å². The smallest absolute Gasteiger partial charge is 0.128 e. The SMILES string of the molecule is CCNC(c1cc(C)ccc1F)C1COC(C)C1. The summed E-state index contributed by atoms with van der Waals surface area (Å²) in [7, 11) is 0. The van der Waals surface area contributed by atoms with Gasteiger partial charge in [0.05, 0.1) is 12.7 Å². The molecule has 1 saturated heterocycles. The van der Waals surface area contributed by atoms with E-state index in [0.29, 0.717) is 12.5 Å². The highest BCUT2D eigenvalue weighted by Gasteiger charge is 2.31. The molecule has 1 aliphatic heterocycles. The van der Waals surface area contributed by atoms with Crippen LogP contribution in [-0.2, 0) is 4.74 Å². The van der Waals surface area contributed by atoms with Gasteiger partial charge in [-0.15, -0.1) is 0 Å². The molecule has 0 bridgehead atoms. The molecule has 0 aliphatic carbocycles. The van der Waals surface area contributed by atoms with Crippen LogP contribution in [0.3, 0.4) is 0 Å². The fraction of sp³-hybridized carbons (Fsp3) is 0.600. The van der Waals surface area contributed by atoms with Gasteiger partial charge in [-0.3, -0.25) is 0 Å². The van der Waals surface area contributed by atoms with Crippen molar-refractivity contribution < 1.29 is 9.13 Å². The molecule has 1 aromatic carbocycles. The fourth-order valence-electron chi connectivity index (χ4n) is 2.73. The molecule has 0 radical (unpaired) electrons. The van der Waals surface area contributed by atoms with Gasteiger partial charge in [-0.25, -0.2) is 4.39 Å². The Bertz CT molecular complexity index is 407. The Kier molecular flexibility index (Phi) is 4.36. The maximum absolute atomic E-state index is 14.0. The summed E-state index contributed by atoms with van der Waals surface area (Å²) in [6.07, 6.45) is 1.27. The minimum absolute atomic E-state index is 0.0554. The summed E-state index contributed by atoms with van der Waals surface area (Å²) >= 11 is 0. The van der Waals surface area contributed by atoms with Crippen LogP contribution in [0, 0.1) is 18.7 Å². The van der Waals surface area contributed by atoms with E-state index >= 15 is 0 Å². The second-order valence-corrected chi connectivity index (χ2v) is 5.20. The van der Waals surface area contributed by atoms with Crippen molar-refractivity contribution in [3.8, 4) is 0 Å². The summed E-state index contributed by atoms with van der Waals surface area (Å²) in [5.74, 6) is 0.238. The molecule has 0 spiro atoms. The van der Waals surface area contributed by atoms with Crippen molar-refractivity contribution in [1.82, 2.24) is 5.32 Å². The van der Waals surface area contributed by atoms with Crippen molar-refractivity contribution in [2.75, 3.05) is 13.2 Å². The number of aryl methyl sites for hydroxylation is 1. The molecule has 0 saturated carbocycles. The Balaban J connectivity index is 2.26. The molecule has 0 amide bonds. The summed E-state index contributed by atoms with van der Waals surface area (Å²) in [5, 5.41) is 3.41. The first-order valence-corrected chi connectivity index (χ1v) is 6.72. The molecular weight excluding hydrogens is 229 g/mol. The lowest BCUT2D eigenvalue weighted by Gasteiger charge is -2.24. The average molecular weight is 251 g/mol. The lowest BCUT2D eigenvalue weighted by atomic mass is 9.90. The van der Waals surface area contributed by atoms with E-state index in [1.54, 1.807) is 6.07 Å². The summed E-state index contributed by atoms with van der Waals surface area (Å²) in [5.41, 5.74) is 1.88. The van der Waals surface area contributed by atoms with Crippen molar-refractivity contribution in [3.63, 3.8) is 0 Å². The fourth-order valence-corrected chi connectivity index (χ4v) is 2.73. The highest BCUT2D eigenvalue weighted by molar-refractivity contribution is 5.27. The molecule has 3 atom stereocenters. The number of hydrogen-bond donors (Lipinski definition) is 1. The van der Waals surface area contributed by atoms with Crippen LogP contribution in [-0.4, -0.2) is 19.3 Å². The van der Waals surface area contributed by atoms with Crippen LogP contribution >= 0.6 is 0 Å². The van der Waals surface area contributed by atoms with E-state index in [9.17, 15) is 4.39 Å². The third-order valence-corrected chi connectivity index (χ3v) is 3.61. The van der Waals surface area contributed by atoms with Crippen LogP contribution in [0.15, 0.2) is 18.2 Å². The topological polar surface area (TPSA) is 21.3 Å². The molecule has 2 nitrogen and oxygen atoms in total. The molecule has 1 aliphatic rings. The Morgan fingerprint density at radius 3 is 2.89 bits per heavy atom. The number of halogens is 1. The zero-order chi connectivity index (χ0) is 13.1. The normalized spacial score (nSPS) is 25.3. The Morgan fingerprint density at radius 1 is 1.50 bits per heavy atom. The first-order valence-electron chi connectivity index (χ1n) is 6.72. The molecule has 3 heteroatoms. The lowest BCUT2D eigenvalue weighted by Crippen LogP contribution is -2.29. The molecule has 3 unspecified atom stereocenters. The molecule has 1 heterocycles. The van der Waals surface area contributed by atoms with Crippen molar-refractivity contribution >= 4 is 0 Å². The van der Waals surface area contributed by atoms with Crippen molar-refractivity contribution in [3.05, 3.63) is 35.1 Å². The third-order valence-electron chi connectivity index (χ3n) is 3.61. The Morgan fingerprint density at radius 2 is 2.28 bits per heavy atom. The average Bonchev–Trinajstić information content (AvgIpc) is 2.76. The largest absolute Gasteiger partial charge is 0.378 e. The predicted octanol–water partition coefficient (Wildman–Crippen LogP) is 3.21. The quantitative estimate of drug-likeness (QED) is 0.887. The van der Waals surface area contributed by atoms with Gasteiger partial charge in [0.1, 0.15) is 5.82 Å². The van der Waals surface area contributed by atoms with Gasteiger partial charge in [0.2, 0.25) is 0 Å². The Labute approximate surface area is 109 Å². The van der Waals surface area contributed by atoms with E-state index in [0.717, 1.165) is 24.1 Å². The van der Waals surface area contributed by atoms with E-state index in [-0.39, 0.29) is 18.0 Å². The second kappa shape index (κ2) is 5.81. The van der Waals surface area contributed by atoms with Crippen molar-refractivity contribution in [2.24, 2.45) is 5.92 Å². The first kappa shape index (κ1) is 13.5. The number of ether oxygens (including phenoxy) is 1. The zero-order valence-corrected chi connectivity index (χ0v) is 11.4. The van der Waals surface area contributed by atoms with Gasteiger partial charge >= 0.3 is 0 Å². The van der Waals surface area contributed by atoms with Crippen molar-refractivity contribution in [1.29, 1.82) is 0 Å². The number of hydrogen-bond acceptors (Lipinski definition) is 2. The highest BCUT2D eigenvalue weighted by Crippen LogP contribution is 2.33. The maximum atomic E-state index is 14.0. The maximum Gasteiger partial charge on any atom is 0.128 e. The number of benzene rings is 1. The molecule has 2 rings (SSSR count). The predicted molar refractivity (Wildman–Crippen MR) is 71.1 cm³/mol. The number of rotatable bonds is 4.